The van der Waals surface area contributed by atoms with Crippen LogP contribution >= 0.6 is 0 Å². The van der Waals surface area contributed by atoms with Crippen LogP contribution in [0.1, 0.15) is 51.4 Å². The van der Waals surface area contributed by atoms with Crippen molar-refractivity contribution in [3.05, 3.63) is 0 Å². The van der Waals surface area contributed by atoms with Gasteiger partial charge >= 0.3 is 0 Å². The van der Waals surface area contributed by atoms with Crippen LogP contribution in [-0.2, 0) is 19.1 Å². The second-order valence-corrected chi connectivity index (χ2v) is 7.98. The summed E-state index contributed by atoms with van der Waals surface area (Å²) in [5.74, 6) is 0.445. The highest BCUT2D eigenvalue weighted by Gasteiger charge is 2.48. The van der Waals surface area contributed by atoms with Crippen LogP contribution in [0.2, 0.25) is 0 Å². The van der Waals surface area contributed by atoms with E-state index in [1.165, 1.54) is 32.1 Å². The van der Waals surface area contributed by atoms with E-state index in [1.54, 1.807) is 7.11 Å². The maximum Gasteiger partial charge on any atom is 0.290 e. The summed E-state index contributed by atoms with van der Waals surface area (Å²) >= 11 is 0. The number of hydrogen-bond donors (Lipinski definition) is 2. The fourth-order valence-corrected chi connectivity index (χ4v) is 4.82. The van der Waals surface area contributed by atoms with Crippen LogP contribution in [-0.4, -0.2) is 109 Å². The van der Waals surface area contributed by atoms with Crippen LogP contribution < -0.4 is 0 Å². The fourth-order valence-electron chi connectivity index (χ4n) is 4.82. The van der Waals surface area contributed by atoms with Crippen molar-refractivity contribution < 1.29 is 29.3 Å². The number of carbonyl (C=O) groups is 3. The smallest absolute Gasteiger partial charge is 0.290 e. The van der Waals surface area contributed by atoms with Gasteiger partial charge in [-0.2, -0.15) is 0 Å². The molecule has 1 amide bonds. The Hall–Kier alpha value is -1.71. The lowest BCUT2D eigenvalue weighted by atomic mass is 9.93. The normalized spacial score (nSPS) is 21.2. The molecule has 0 bridgehead atoms. The summed E-state index contributed by atoms with van der Waals surface area (Å²) in [6, 6.07) is 0. The molecule has 174 valence electrons. The largest absolute Gasteiger partial charge is 0.483 e. The molecule has 3 aliphatic rings. The summed E-state index contributed by atoms with van der Waals surface area (Å²) < 4.78 is 5.12. The minimum Gasteiger partial charge on any atom is -0.483 e. The topological polar surface area (TPSA) is 111 Å². The zero-order chi connectivity index (χ0) is 22.2. The average molecular weight is 430 g/mol. The van der Waals surface area contributed by atoms with Crippen molar-refractivity contribution in [2.45, 2.75) is 56.9 Å². The SMILES string of the molecule is COCCCCN1CCN(C(=O)C2(N3CCCC3)CCCC2)CC1.O=CO.O=CO. The number of likely N-dealkylation sites (tertiary alicyclic amines) is 1. The number of hydrogen-bond acceptors (Lipinski definition) is 6. The molecule has 2 aliphatic heterocycles. The van der Waals surface area contributed by atoms with Crippen LogP contribution in [0.25, 0.3) is 0 Å². The zero-order valence-electron chi connectivity index (χ0n) is 18.3. The molecule has 0 aromatic carbocycles. The Kier molecular flexibility index (Phi) is 13.3. The predicted octanol–water partition coefficient (Wildman–Crippen LogP) is 1.37. The Bertz CT molecular complexity index is 479. The van der Waals surface area contributed by atoms with Crippen molar-refractivity contribution in [2.24, 2.45) is 0 Å². The van der Waals surface area contributed by atoms with E-state index in [4.69, 9.17) is 24.5 Å². The lowest BCUT2D eigenvalue weighted by Crippen LogP contribution is -2.60. The number of methoxy groups -OCH3 is 1. The van der Waals surface area contributed by atoms with E-state index in [2.05, 4.69) is 14.7 Å². The van der Waals surface area contributed by atoms with Gasteiger partial charge in [0, 0.05) is 39.9 Å². The maximum atomic E-state index is 13.4. The molecule has 2 saturated heterocycles. The Labute approximate surface area is 179 Å². The third-order valence-corrected chi connectivity index (χ3v) is 6.27. The van der Waals surface area contributed by atoms with Crippen molar-refractivity contribution in [3.63, 3.8) is 0 Å². The first-order valence-corrected chi connectivity index (χ1v) is 11.0. The quantitative estimate of drug-likeness (QED) is 0.461. The number of carbonyl (C=O) groups excluding carboxylic acids is 1. The second kappa shape index (κ2) is 15.1. The van der Waals surface area contributed by atoms with Crippen LogP contribution in [0.3, 0.4) is 0 Å². The number of rotatable bonds is 7. The van der Waals surface area contributed by atoms with Gasteiger partial charge in [-0.3, -0.25) is 24.2 Å². The number of piperazine rings is 1. The molecule has 3 fully saturated rings. The van der Waals surface area contributed by atoms with E-state index in [9.17, 15) is 4.79 Å². The van der Waals surface area contributed by atoms with Gasteiger partial charge in [0.05, 0.1) is 0 Å². The van der Waals surface area contributed by atoms with E-state index in [0.29, 0.717) is 5.91 Å². The molecule has 3 rings (SSSR count). The molecule has 2 heterocycles. The Morgan fingerprint density at radius 1 is 0.900 bits per heavy atom. The van der Waals surface area contributed by atoms with Gasteiger partial charge in [0.2, 0.25) is 5.91 Å². The van der Waals surface area contributed by atoms with Gasteiger partial charge < -0.3 is 19.8 Å². The highest BCUT2D eigenvalue weighted by atomic mass is 16.5. The molecule has 0 atom stereocenters. The minimum absolute atomic E-state index is 0.142. The Morgan fingerprint density at radius 3 is 1.93 bits per heavy atom. The van der Waals surface area contributed by atoms with Crippen LogP contribution in [0, 0.1) is 0 Å². The summed E-state index contributed by atoms with van der Waals surface area (Å²) in [5, 5.41) is 13.8. The molecule has 9 nitrogen and oxygen atoms in total. The molecule has 1 aliphatic carbocycles. The number of unbranched alkanes of at least 4 members (excludes halogenated alkanes) is 1. The summed E-state index contributed by atoms with van der Waals surface area (Å²) in [6.45, 7) is 7.66. The van der Waals surface area contributed by atoms with Gasteiger partial charge in [0.15, 0.2) is 0 Å². The van der Waals surface area contributed by atoms with E-state index in [0.717, 1.165) is 71.7 Å². The molecule has 30 heavy (non-hydrogen) atoms. The number of carboxylic acid groups (broad SMARTS) is 2. The van der Waals surface area contributed by atoms with Crippen molar-refractivity contribution in [3.8, 4) is 0 Å². The summed E-state index contributed by atoms with van der Waals surface area (Å²) in [7, 11) is 1.77. The van der Waals surface area contributed by atoms with E-state index in [-0.39, 0.29) is 18.5 Å². The van der Waals surface area contributed by atoms with Gasteiger partial charge in [-0.1, -0.05) is 12.8 Å². The third kappa shape index (κ3) is 7.85. The number of nitrogens with zero attached hydrogens (tertiary/aromatic N) is 3. The van der Waals surface area contributed by atoms with Crippen LogP contribution in [0.15, 0.2) is 0 Å². The van der Waals surface area contributed by atoms with Crippen molar-refractivity contribution >= 4 is 18.9 Å². The molecule has 0 radical (unpaired) electrons. The van der Waals surface area contributed by atoms with Crippen LogP contribution in [0.4, 0.5) is 0 Å². The van der Waals surface area contributed by atoms with Crippen molar-refractivity contribution in [1.82, 2.24) is 14.7 Å². The van der Waals surface area contributed by atoms with Gasteiger partial charge in [0.25, 0.3) is 12.9 Å². The Balaban J connectivity index is 0.000000672. The first kappa shape index (κ1) is 26.3. The standard InChI is InChI=1S/C19H35N3O2.2CH2O2/c1-24-17-7-6-10-20-13-15-21(16-14-20)18(23)19(8-2-3-9-19)22-11-4-5-12-22;2*2-1-3/h2-17H2,1H3;2*1H,(H,2,3). The van der Waals surface area contributed by atoms with E-state index in [1.807, 2.05) is 0 Å². The van der Waals surface area contributed by atoms with Gasteiger partial charge in [0.1, 0.15) is 5.54 Å². The van der Waals surface area contributed by atoms with Crippen LogP contribution in [0.5, 0.6) is 0 Å². The first-order valence-electron chi connectivity index (χ1n) is 11.0. The first-order chi connectivity index (χ1) is 14.6. The number of ether oxygens (including phenoxy) is 1. The molecule has 0 aromatic rings. The zero-order valence-corrected chi connectivity index (χ0v) is 18.3. The summed E-state index contributed by atoms with van der Waals surface area (Å²) in [5.41, 5.74) is -0.142. The second-order valence-electron chi connectivity index (χ2n) is 7.98. The molecule has 2 N–H and O–H groups in total. The molecule has 1 saturated carbocycles. The number of amides is 1. The molecular weight excluding hydrogens is 390 g/mol. The highest BCUT2D eigenvalue weighted by Crippen LogP contribution is 2.39. The predicted molar refractivity (Wildman–Crippen MR) is 114 cm³/mol. The lowest BCUT2D eigenvalue weighted by Gasteiger charge is -2.43. The van der Waals surface area contributed by atoms with E-state index < -0.39 is 0 Å². The molecular formula is C21H39N3O6. The van der Waals surface area contributed by atoms with Gasteiger partial charge in [-0.25, -0.2) is 0 Å². The fraction of sp³-hybridized carbons (Fsp3) is 0.857. The van der Waals surface area contributed by atoms with Gasteiger partial charge in [-0.15, -0.1) is 0 Å². The maximum absolute atomic E-state index is 13.4. The van der Waals surface area contributed by atoms with E-state index >= 15 is 0 Å². The molecule has 0 spiro atoms. The molecule has 0 aromatic heterocycles. The summed E-state index contributed by atoms with van der Waals surface area (Å²) in [4.78, 5) is 37.3. The molecule has 0 unspecified atom stereocenters. The molecule has 9 heteroatoms. The third-order valence-electron chi connectivity index (χ3n) is 6.27. The van der Waals surface area contributed by atoms with Crippen molar-refractivity contribution in [1.29, 1.82) is 0 Å². The van der Waals surface area contributed by atoms with Crippen molar-refractivity contribution in [2.75, 3.05) is 59.5 Å². The monoisotopic (exact) mass is 429 g/mol. The lowest BCUT2D eigenvalue weighted by molar-refractivity contribution is -0.146. The summed E-state index contributed by atoms with van der Waals surface area (Å²) in [6.07, 6.45) is 9.48. The highest BCUT2D eigenvalue weighted by molar-refractivity contribution is 5.87. The Morgan fingerprint density at radius 2 is 1.43 bits per heavy atom. The average Bonchev–Trinajstić information content (AvgIpc) is 3.45. The van der Waals surface area contributed by atoms with Gasteiger partial charge in [-0.05, 0) is 58.2 Å². The minimum atomic E-state index is -0.250.